The first-order valence-electron chi connectivity index (χ1n) is 7.65. The number of rotatable bonds is 6. The van der Waals surface area contributed by atoms with Crippen LogP contribution >= 0.6 is 22.7 Å². The summed E-state index contributed by atoms with van der Waals surface area (Å²) in [5.74, 6) is 0. The molecule has 2 N–H and O–H groups in total. The molecule has 0 radical (unpaired) electrons. The quantitative estimate of drug-likeness (QED) is 0.810. The van der Waals surface area contributed by atoms with Crippen LogP contribution in [0.15, 0.2) is 35.0 Å². The van der Waals surface area contributed by atoms with Gasteiger partial charge in [-0.1, -0.05) is 12.1 Å². The van der Waals surface area contributed by atoms with E-state index < -0.39 is 5.60 Å². The fourth-order valence-corrected chi connectivity index (χ4v) is 3.82. The normalized spacial score (nSPS) is 13.1. The van der Waals surface area contributed by atoms with Crippen LogP contribution in [0.25, 0.3) is 0 Å². The van der Waals surface area contributed by atoms with Gasteiger partial charge < -0.3 is 15.4 Å². The van der Waals surface area contributed by atoms with Gasteiger partial charge in [0.1, 0.15) is 5.60 Å². The van der Waals surface area contributed by atoms with Gasteiger partial charge in [-0.15, -0.1) is 22.7 Å². The van der Waals surface area contributed by atoms with E-state index in [4.69, 9.17) is 4.74 Å². The van der Waals surface area contributed by atoms with Gasteiger partial charge in [-0.05, 0) is 50.6 Å². The number of nitrogens with one attached hydrogen (secondary N) is 2. The minimum absolute atomic E-state index is 0.0210. The smallest absolute Gasteiger partial charge is 0.407 e. The molecule has 0 bridgehead atoms. The number of hydrogen-bond acceptors (Lipinski definition) is 5. The SMILES string of the molecule is CC(CNC(c1cccs1)c1cccs1)NC(=O)OC(C)(C)C. The van der Waals surface area contributed by atoms with Crippen molar-refractivity contribution in [2.24, 2.45) is 0 Å². The summed E-state index contributed by atoms with van der Waals surface area (Å²) in [4.78, 5) is 14.4. The van der Waals surface area contributed by atoms with E-state index in [-0.39, 0.29) is 18.2 Å². The average Bonchev–Trinajstić information content (AvgIpc) is 3.09. The second-order valence-corrected chi connectivity index (χ2v) is 8.38. The van der Waals surface area contributed by atoms with Crippen LogP contribution in [0, 0.1) is 0 Å². The summed E-state index contributed by atoms with van der Waals surface area (Å²) < 4.78 is 5.29. The minimum Gasteiger partial charge on any atom is -0.444 e. The van der Waals surface area contributed by atoms with Crippen molar-refractivity contribution in [2.45, 2.75) is 45.4 Å². The molecular weight excluding hydrogens is 328 g/mol. The van der Waals surface area contributed by atoms with Crippen LogP contribution in [0.3, 0.4) is 0 Å². The number of hydrogen-bond donors (Lipinski definition) is 2. The van der Waals surface area contributed by atoms with Crippen molar-refractivity contribution in [3.05, 3.63) is 44.8 Å². The molecule has 0 fully saturated rings. The third kappa shape index (κ3) is 5.97. The second-order valence-electron chi connectivity index (χ2n) is 6.42. The molecule has 0 saturated carbocycles. The van der Waals surface area contributed by atoms with Crippen molar-refractivity contribution in [3.63, 3.8) is 0 Å². The Labute approximate surface area is 145 Å². The Balaban J connectivity index is 1.90. The van der Waals surface area contributed by atoms with Gasteiger partial charge in [0.25, 0.3) is 0 Å². The lowest BCUT2D eigenvalue weighted by atomic mass is 10.2. The summed E-state index contributed by atoms with van der Waals surface area (Å²) >= 11 is 3.47. The summed E-state index contributed by atoms with van der Waals surface area (Å²) in [6, 6.07) is 8.53. The van der Waals surface area contributed by atoms with Crippen molar-refractivity contribution < 1.29 is 9.53 Å². The second kappa shape index (κ2) is 7.95. The molecule has 0 aliphatic carbocycles. The van der Waals surface area contributed by atoms with Crippen molar-refractivity contribution in [1.29, 1.82) is 0 Å². The van der Waals surface area contributed by atoms with Crippen molar-refractivity contribution in [3.8, 4) is 0 Å². The van der Waals surface area contributed by atoms with Crippen LogP contribution in [-0.2, 0) is 4.74 Å². The first kappa shape index (κ1) is 18.0. The highest BCUT2D eigenvalue weighted by Gasteiger charge is 2.20. The Bertz CT molecular complexity index is 554. The van der Waals surface area contributed by atoms with E-state index in [0.717, 1.165) is 0 Å². The van der Waals surface area contributed by atoms with Crippen LogP contribution in [0.1, 0.15) is 43.5 Å². The minimum atomic E-state index is -0.478. The van der Waals surface area contributed by atoms with E-state index in [1.165, 1.54) is 9.75 Å². The van der Waals surface area contributed by atoms with Gasteiger partial charge in [0.15, 0.2) is 0 Å². The zero-order chi connectivity index (χ0) is 16.9. The number of ether oxygens (including phenoxy) is 1. The van der Waals surface area contributed by atoms with Crippen molar-refractivity contribution >= 4 is 28.8 Å². The third-order valence-corrected chi connectivity index (χ3v) is 4.92. The van der Waals surface area contributed by atoms with Crippen LogP contribution < -0.4 is 10.6 Å². The summed E-state index contributed by atoms with van der Waals surface area (Å²) in [5, 5.41) is 10.6. The molecule has 4 nitrogen and oxygen atoms in total. The fraction of sp³-hybridized carbons (Fsp3) is 0.471. The maximum Gasteiger partial charge on any atom is 0.407 e. The Morgan fingerprint density at radius 1 is 1.17 bits per heavy atom. The average molecular weight is 353 g/mol. The molecule has 1 amide bonds. The molecular formula is C17H24N2O2S2. The van der Waals surface area contributed by atoms with Crippen molar-refractivity contribution in [2.75, 3.05) is 6.54 Å². The molecule has 0 aliphatic heterocycles. The zero-order valence-corrected chi connectivity index (χ0v) is 15.6. The molecule has 126 valence electrons. The van der Waals surface area contributed by atoms with E-state index in [1.54, 1.807) is 22.7 Å². The molecule has 0 spiro atoms. The topological polar surface area (TPSA) is 50.4 Å². The fourth-order valence-electron chi connectivity index (χ4n) is 2.11. The first-order valence-corrected chi connectivity index (χ1v) is 9.41. The monoisotopic (exact) mass is 352 g/mol. The molecule has 0 aromatic carbocycles. The number of alkyl carbamates (subject to hydrolysis) is 1. The van der Waals surface area contributed by atoms with Crippen LogP contribution in [0.5, 0.6) is 0 Å². The number of amides is 1. The van der Waals surface area contributed by atoms with E-state index in [2.05, 4.69) is 45.7 Å². The van der Waals surface area contributed by atoms with Gasteiger partial charge in [-0.25, -0.2) is 4.79 Å². The lowest BCUT2D eigenvalue weighted by Crippen LogP contribution is -2.43. The Morgan fingerprint density at radius 3 is 2.17 bits per heavy atom. The highest BCUT2D eigenvalue weighted by molar-refractivity contribution is 7.11. The summed E-state index contributed by atoms with van der Waals surface area (Å²) in [7, 11) is 0. The zero-order valence-electron chi connectivity index (χ0n) is 14.0. The number of carbonyl (C=O) groups is 1. The molecule has 2 aromatic rings. The maximum absolute atomic E-state index is 11.8. The Hall–Kier alpha value is -1.37. The molecule has 23 heavy (non-hydrogen) atoms. The van der Waals surface area contributed by atoms with Gasteiger partial charge in [0.05, 0.1) is 6.04 Å². The number of carbonyl (C=O) groups excluding carboxylic acids is 1. The van der Waals surface area contributed by atoms with E-state index in [0.29, 0.717) is 6.54 Å². The van der Waals surface area contributed by atoms with Crippen LogP contribution in [-0.4, -0.2) is 24.3 Å². The predicted octanol–water partition coefficient (Wildman–Crippen LogP) is 4.40. The Kier molecular flexibility index (Phi) is 6.21. The van der Waals surface area contributed by atoms with E-state index >= 15 is 0 Å². The molecule has 0 aliphatic rings. The Morgan fingerprint density at radius 2 is 1.74 bits per heavy atom. The van der Waals surface area contributed by atoms with Gasteiger partial charge in [-0.2, -0.15) is 0 Å². The van der Waals surface area contributed by atoms with Gasteiger partial charge in [-0.3, -0.25) is 0 Å². The largest absolute Gasteiger partial charge is 0.444 e. The lowest BCUT2D eigenvalue weighted by molar-refractivity contribution is 0.0508. The maximum atomic E-state index is 11.8. The van der Waals surface area contributed by atoms with E-state index in [9.17, 15) is 4.79 Å². The van der Waals surface area contributed by atoms with Crippen LogP contribution in [0.4, 0.5) is 4.79 Å². The molecule has 2 rings (SSSR count). The molecule has 2 aromatic heterocycles. The lowest BCUT2D eigenvalue weighted by Gasteiger charge is -2.23. The van der Waals surface area contributed by atoms with Crippen LogP contribution in [0.2, 0.25) is 0 Å². The third-order valence-electron chi connectivity index (χ3n) is 3.05. The van der Waals surface area contributed by atoms with Gasteiger partial charge in [0, 0.05) is 22.3 Å². The van der Waals surface area contributed by atoms with Crippen molar-refractivity contribution in [1.82, 2.24) is 10.6 Å². The predicted molar refractivity (Wildman–Crippen MR) is 97.3 cm³/mol. The molecule has 1 atom stereocenters. The highest BCUT2D eigenvalue weighted by Crippen LogP contribution is 2.28. The first-order chi connectivity index (χ1) is 10.8. The summed E-state index contributed by atoms with van der Waals surface area (Å²) in [6.07, 6.45) is -0.379. The summed E-state index contributed by atoms with van der Waals surface area (Å²) in [6.45, 7) is 8.22. The molecule has 6 heteroatoms. The van der Waals surface area contributed by atoms with E-state index in [1.807, 2.05) is 27.7 Å². The number of thiophene rings is 2. The molecule has 0 saturated heterocycles. The standard InChI is InChI=1S/C17H24N2O2S2/c1-12(19-16(20)21-17(2,3)4)11-18-15(13-7-5-9-22-13)14-8-6-10-23-14/h5-10,12,15,18H,11H2,1-4H3,(H,19,20). The summed E-state index contributed by atoms with van der Waals surface area (Å²) in [5.41, 5.74) is -0.478. The molecule has 2 heterocycles. The van der Waals surface area contributed by atoms with Gasteiger partial charge >= 0.3 is 6.09 Å². The van der Waals surface area contributed by atoms with Gasteiger partial charge in [0.2, 0.25) is 0 Å². The highest BCUT2D eigenvalue weighted by atomic mass is 32.1. The molecule has 1 unspecified atom stereocenters.